The average molecular weight is 243 g/mol. The molecule has 92 valence electrons. The molecule has 0 unspecified atom stereocenters. The highest BCUT2D eigenvalue weighted by molar-refractivity contribution is 5.93. The summed E-state index contributed by atoms with van der Waals surface area (Å²) in [7, 11) is 1.47. The average Bonchev–Trinajstić information content (AvgIpc) is 2.39. The molecule has 1 rings (SSSR count). The second kappa shape index (κ2) is 6.95. The van der Waals surface area contributed by atoms with E-state index in [1.807, 2.05) is 6.07 Å². The molecule has 2 N–H and O–H groups in total. The minimum Gasteiger partial charge on any atom is -0.495 e. The van der Waals surface area contributed by atoms with Gasteiger partial charge in [0.1, 0.15) is 5.75 Å². The Labute approximate surface area is 106 Å². The van der Waals surface area contributed by atoms with Crippen LogP contribution in [-0.4, -0.2) is 26.1 Å². The first-order valence-corrected chi connectivity index (χ1v) is 5.23. The van der Waals surface area contributed by atoms with Crippen molar-refractivity contribution in [1.29, 1.82) is 5.26 Å². The first kappa shape index (κ1) is 13.6. The predicted molar refractivity (Wildman–Crippen MR) is 68.0 cm³/mol. The van der Waals surface area contributed by atoms with E-state index in [1.165, 1.54) is 7.11 Å². The summed E-state index contributed by atoms with van der Waals surface area (Å²) < 4.78 is 5.10. The number of hydrogen-bond donors (Lipinski definition) is 2. The fraction of sp³-hybridized carbons (Fsp3) is 0.231. The molecule has 1 amide bonds. The monoisotopic (exact) mass is 243 g/mol. The van der Waals surface area contributed by atoms with E-state index in [-0.39, 0.29) is 12.5 Å². The Morgan fingerprint density at radius 1 is 1.56 bits per heavy atom. The van der Waals surface area contributed by atoms with Gasteiger partial charge in [0.15, 0.2) is 0 Å². The minimum atomic E-state index is -0.228. The third-order valence-corrected chi connectivity index (χ3v) is 2.12. The molecule has 0 heterocycles. The second-order valence-corrected chi connectivity index (χ2v) is 3.38. The number of nitriles is 1. The van der Waals surface area contributed by atoms with Gasteiger partial charge in [-0.05, 0) is 12.1 Å². The lowest BCUT2D eigenvalue weighted by molar-refractivity contribution is -0.115. The molecule has 5 heteroatoms. The van der Waals surface area contributed by atoms with Gasteiger partial charge in [-0.25, -0.2) is 0 Å². The number of ether oxygens (including phenoxy) is 1. The summed E-state index contributed by atoms with van der Waals surface area (Å²) in [5, 5.41) is 14.2. The van der Waals surface area contributed by atoms with E-state index in [4.69, 9.17) is 16.4 Å². The van der Waals surface area contributed by atoms with Gasteiger partial charge in [0.2, 0.25) is 5.91 Å². The summed E-state index contributed by atoms with van der Waals surface area (Å²) in [6.07, 6.45) is 5.05. The second-order valence-electron chi connectivity index (χ2n) is 3.38. The Morgan fingerprint density at radius 3 is 2.94 bits per heavy atom. The Kier molecular flexibility index (Phi) is 5.24. The highest BCUT2D eigenvalue weighted by Crippen LogP contribution is 2.25. The zero-order valence-corrected chi connectivity index (χ0v) is 9.99. The first-order chi connectivity index (χ1) is 8.71. The molecule has 0 bridgehead atoms. The zero-order chi connectivity index (χ0) is 13.4. The number of methoxy groups -OCH3 is 1. The van der Waals surface area contributed by atoms with E-state index in [0.717, 1.165) is 0 Å². The molecule has 0 fully saturated rings. The summed E-state index contributed by atoms with van der Waals surface area (Å²) >= 11 is 0. The molecule has 1 aromatic rings. The normalized spacial score (nSPS) is 9.06. The molecule has 0 radical (unpaired) electrons. The van der Waals surface area contributed by atoms with Crippen molar-refractivity contribution in [1.82, 2.24) is 5.32 Å². The molecule has 0 saturated carbocycles. The maximum absolute atomic E-state index is 11.5. The minimum absolute atomic E-state index is 0.118. The third kappa shape index (κ3) is 3.82. The molecule has 18 heavy (non-hydrogen) atoms. The van der Waals surface area contributed by atoms with Crippen molar-refractivity contribution >= 4 is 11.6 Å². The van der Waals surface area contributed by atoms with Crippen LogP contribution >= 0.6 is 0 Å². The van der Waals surface area contributed by atoms with Gasteiger partial charge < -0.3 is 10.1 Å². The lowest BCUT2D eigenvalue weighted by Gasteiger charge is -2.10. The van der Waals surface area contributed by atoms with Gasteiger partial charge in [-0.3, -0.25) is 10.1 Å². The quantitative estimate of drug-likeness (QED) is 0.590. The van der Waals surface area contributed by atoms with Crippen molar-refractivity contribution in [2.24, 2.45) is 0 Å². The van der Waals surface area contributed by atoms with Crippen LogP contribution in [0.4, 0.5) is 5.69 Å². The van der Waals surface area contributed by atoms with Crippen LogP contribution in [0.25, 0.3) is 0 Å². The molecular formula is C13H13N3O2. The van der Waals surface area contributed by atoms with Crippen molar-refractivity contribution < 1.29 is 9.53 Å². The molecule has 0 aliphatic heterocycles. The van der Waals surface area contributed by atoms with E-state index < -0.39 is 0 Å². The van der Waals surface area contributed by atoms with Crippen LogP contribution in [0, 0.1) is 23.7 Å². The first-order valence-electron chi connectivity index (χ1n) is 5.23. The summed E-state index contributed by atoms with van der Waals surface area (Å²) in [5.74, 6) is 2.59. The van der Waals surface area contributed by atoms with Gasteiger partial charge in [-0.1, -0.05) is 5.92 Å². The standard InChI is InChI=1S/C13H13N3O2/c1-3-6-15-9-13(17)16-11-5-4-10(8-14)7-12(11)18-2/h1,4-5,7,15H,6,9H2,2H3,(H,16,17). The largest absolute Gasteiger partial charge is 0.495 e. The Balaban J connectivity index is 2.70. The molecule has 0 saturated heterocycles. The van der Waals surface area contributed by atoms with Crippen LogP contribution in [0.3, 0.4) is 0 Å². The van der Waals surface area contributed by atoms with Crippen molar-refractivity contribution in [2.45, 2.75) is 0 Å². The van der Waals surface area contributed by atoms with E-state index in [2.05, 4.69) is 16.6 Å². The number of carbonyl (C=O) groups excluding carboxylic acids is 1. The number of nitrogens with one attached hydrogen (secondary N) is 2. The fourth-order valence-corrected chi connectivity index (χ4v) is 1.31. The van der Waals surface area contributed by atoms with Gasteiger partial charge in [-0.15, -0.1) is 6.42 Å². The van der Waals surface area contributed by atoms with Crippen molar-refractivity contribution in [3.05, 3.63) is 23.8 Å². The van der Waals surface area contributed by atoms with Crippen LogP contribution in [0.1, 0.15) is 5.56 Å². The fourth-order valence-electron chi connectivity index (χ4n) is 1.31. The van der Waals surface area contributed by atoms with E-state index in [1.54, 1.807) is 18.2 Å². The number of benzene rings is 1. The van der Waals surface area contributed by atoms with Crippen molar-refractivity contribution in [2.75, 3.05) is 25.5 Å². The van der Waals surface area contributed by atoms with Crippen LogP contribution in [0.15, 0.2) is 18.2 Å². The van der Waals surface area contributed by atoms with E-state index in [9.17, 15) is 4.79 Å². The summed E-state index contributed by atoms with van der Waals surface area (Å²) in [6, 6.07) is 6.78. The number of hydrogen-bond acceptors (Lipinski definition) is 4. The topological polar surface area (TPSA) is 74.2 Å². The maximum Gasteiger partial charge on any atom is 0.238 e. The summed E-state index contributed by atoms with van der Waals surface area (Å²) in [5.41, 5.74) is 0.985. The highest BCUT2D eigenvalue weighted by Gasteiger charge is 2.07. The number of anilines is 1. The molecule has 0 aliphatic carbocycles. The smallest absolute Gasteiger partial charge is 0.238 e. The Morgan fingerprint density at radius 2 is 2.33 bits per heavy atom. The van der Waals surface area contributed by atoms with Gasteiger partial charge >= 0.3 is 0 Å². The molecular weight excluding hydrogens is 230 g/mol. The highest BCUT2D eigenvalue weighted by atomic mass is 16.5. The molecule has 0 spiro atoms. The number of nitrogens with zero attached hydrogens (tertiary/aromatic N) is 1. The molecule has 5 nitrogen and oxygen atoms in total. The van der Waals surface area contributed by atoms with Crippen molar-refractivity contribution in [3.8, 4) is 24.2 Å². The third-order valence-electron chi connectivity index (χ3n) is 2.12. The Bertz CT molecular complexity index is 512. The van der Waals surface area contributed by atoms with Gasteiger partial charge in [0.05, 0.1) is 37.5 Å². The number of rotatable bonds is 5. The van der Waals surface area contributed by atoms with Crippen LogP contribution in [0.2, 0.25) is 0 Å². The Hall–Kier alpha value is -2.50. The van der Waals surface area contributed by atoms with E-state index >= 15 is 0 Å². The zero-order valence-electron chi connectivity index (χ0n) is 9.99. The van der Waals surface area contributed by atoms with Crippen LogP contribution < -0.4 is 15.4 Å². The number of terminal acetylenes is 1. The molecule has 0 aliphatic rings. The summed E-state index contributed by atoms with van der Waals surface area (Å²) in [4.78, 5) is 11.5. The van der Waals surface area contributed by atoms with Gasteiger partial charge in [-0.2, -0.15) is 5.26 Å². The lowest BCUT2D eigenvalue weighted by Crippen LogP contribution is -2.28. The molecule has 0 atom stereocenters. The van der Waals surface area contributed by atoms with Gasteiger partial charge in [0, 0.05) is 6.07 Å². The van der Waals surface area contributed by atoms with Crippen LogP contribution in [-0.2, 0) is 4.79 Å². The van der Waals surface area contributed by atoms with Gasteiger partial charge in [0.25, 0.3) is 0 Å². The van der Waals surface area contributed by atoms with Crippen LogP contribution in [0.5, 0.6) is 5.75 Å². The maximum atomic E-state index is 11.5. The molecule has 0 aromatic heterocycles. The summed E-state index contributed by atoms with van der Waals surface area (Å²) in [6.45, 7) is 0.450. The lowest BCUT2D eigenvalue weighted by atomic mass is 10.2. The number of amides is 1. The van der Waals surface area contributed by atoms with E-state index in [0.29, 0.717) is 23.5 Å². The SMILES string of the molecule is C#CCNCC(=O)Nc1ccc(C#N)cc1OC. The number of carbonyl (C=O) groups is 1. The van der Waals surface area contributed by atoms with Crippen molar-refractivity contribution in [3.63, 3.8) is 0 Å². The predicted octanol–water partition coefficient (Wildman–Crippen LogP) is 0.728. The molecule has 1 aromatic carbocycles.